The molecule has 0 radical (unpaired) electrons. The minimum atomic E-state index is -0.236. The second-order valence-corrected chi connectivity index (χ2v) is 4.46. The zero-order valence-electron chi connectivity index (χ0n) is 11.1. The van der Waals surface area contributed by atoms with E-state index >= 15 is 0 Å². The van der Waals surface area contributed by atoms with E-state index in [1.165, 1.54) is 0 Å². The predicted octanol–water partition coefficient (Wildman–Crippen LogP) is 1.32. The van der Waals surface area contributed by atoms with Gasteiger partial charge in [-0.3, -0.25) is 0 Å². The van der Waals surface area contributed by atoms with Crippen molar-refractivity contribution < 1.29 is 4.74 Å². The first-order valence-electron chi connectivity index (χ1n) is 6.48. The molecule has 0 aliphatic heterocycles. The fraction of sp³-hybridized carbons (Fsp3) is 0.308. The molecule has 0 aromatic carbocycles. The van der Waals surface area contributed by atoms with Crippen LogP contribution in [0.25, 0.3) is 11.2 Å². The standard InChI is InChI=1S/C13H16N6O/c1-2-20-11-4-3-10-13(18-11)19-12(17-10)9(14)5-8-6-15-7-16-8/h3-4,6-7,9H,2,5,14H2,1H3,(H,15,16)(H,17,18,19). The van der Waals surface area contributed by atoms with E-state index in [9.17, 15) is 0 Å². The number of nitrogens with one attached hydrogen (secondary N) is 2. The molecular weight excluding hydrogens is 256 g/mol. The highest BCUT2D eigenvalue weighted by Gasteiger charge is 2.13. The average molecular weight is 272 g/mol. The van der Waals surface area contributed by atoms with Crippen LogP contribution >= 0.6 is 0 Å². The molecule has 1 unspecified atom stereocenters. The number of nitrogens with two attached hydrogens (primary N) is 1. The molecule has 3 aromatic rings. The van der Waals surface area contributed by atoms with E-state index < -0.39 is 0 Å². The highest BCUT2D eigenvalue weighted by Crippen LogP contribution is 2.18. The van der Waals surface area contributed by atoms with Crippen molar-refractivity contribution in [3.8, 4) is 5.88 Å². The van der Waals surface area contributed by atoms with Crippen LogP contribution in [0.4, 0.5) is 0 Å². The van der Waals surface area contributed by atoms with Crippen LogP contribution in [0.1, 0.15) is 24.5 Å². The highest BCUT2D eigenvalue weighted by atomic mass is 16.5. The van der Waals surface area contributed by atoms with Gasteiger partial charge in [-0.25, -0.2) is 9.97 Å². The van der Waals surface area contributed by atoms with Gasteiger partial charge in [-0.15, -0.1) is 0 Å². The lowest BCUT2D eigenvalue weighted by molar-refractivity contribution is 0.328. The number of H-pyrrole nitrogens is 2. The van der Waals surface area contributed by atoms with E-state index in [0.717, 1.165) is 11.2 Å². The zero-order chi connectivity index (χ0) is 13.9. The van der Waals surface area contributed by atoms with Gasteiger partial charge >= 0.3 is 0 Å². The summed E-state index contributed by atoms with van der Waals surface area (Å²) in [6.45, 7) is 2.50. The van der Waals surface area contributed by atoms with Gasteiger partial charge in [0, 0.05) is 24.4 Å². The summed E-state index contributed by atoms with van der Waals surface area (Å²) in [5.41, 5.74) is 8.59. The van der Waals surface area contributed by atoms with Crippen LogP contribution in [-0.4, -0.2) is 31.5 Å². The molecule has 0 saturated carbocycles. The van der Waals surface area contributed by atoms with Gasteiger partial charge < -0.3 is 20.4 Å². The third kappa shape index (κ3) is 2.48. The van der Waals surface area contributed by atoms with Crippen LogP contribution in [0.2, 0.25) is 0 Å². The smallest absolute Gasteiger partial charge is 0.215 e. The quantitative estimate of drug-likeness (QED) is 0.649. The second kappa shape index (κ2) is 5.30. The van der Waals surface area contributed by atoms with Crippen molar-refractivity contribution in [2.75, 3.05) is 6.61 Å². The molecule has 1 atom stereocenters. The molecule has 0 aliphatic carbocycles. The maximum absolute atomic E-state index is 6.15. The summed E-state index contributed by atoms with van der Waals surface area (Å²) in [4.78, 5) is 18.9. The van der Waals surface area contributed by atoms with Gasteiger partial charge in [0.2, 0.25) is 5.88 Å². The van der Waals surface area contributed by atoms with Crippen LogP contribution in [0.3, 0.4) is 0 Å². The molecule has 0 fully saturated rings. The Labute approximate surface area is 115 Å². The van der Waals surface area contributed by atoms with E-state index in [1.54, 1.807) is 12.5 Å². The van der Waals surface area contributed by atoms with Gasteiger partial charge in [0.1, 0.15) is 5.82 Å². The van der Waals surface area contributed by atoms with Crippen molar-refractivity contribution in [3.63, 3.8) is 0 Å². The first-order chi connectivity index (χ1) is 9.76. The minimum Gasteiger partial charge on any atom is -0.478 e. The molecular formula is C13H16N6O. The van der Waals surface area contributed by atoms with Crippen molar-refractivity contribution >= 4 is 11.2 Å². The average Bonchev–Trinajstić information content (AvgIpc) is 3.07. The van der Waals surface area contributed by atoms with Crippen molar-refractivity contribution in [1.82, 2.24) is 24.9 Å². The number of pyridine rings is 1. The topological polar surface area (TPSA) is 106 Å². The number of nitrogens with zero attached hydrogens (tertiary/aromatic N) is 3. The van der Waals surface area contributed by atoms with Crippen molar-refractivity contribution in [2.45, 2.75) is 19.4 Å². The van der Waals surface area contributed by atoms with Gasteiger partial charge in [-0.2, -0.15) is 4.98 Å². The van der Waals surface area contributed by atoms with Crippen LogP contribution in [-0.2, 0) is 6.42 Å². The van der Waals surface area contributed by atoms with Gasteiger partial charge in [0.25, 0.3) is 0 Å². The minimum absolute atomic E-state index is 0.236. The van der Waals surface area contributed by atoms with Crippen LogP contribution in [0.15, 0.2) is 24.7 Å². The number of hydrogen-bond acceptors (Lipinski definition) is 5. The molecule has 7 heteroatoms. The van der Waals surface area contributed by atoms with Crippen LogP contribution in [0.5, 0.6) is 5.88 Å². The molecule has 4 N–H and O–H groups in total. The molecule has 3 aromatic heterocycles. The van der Waals surface area contributed by atoms with Crippen LogP contribution < -0.4 is 10.5 Å². The Balaban J connectivity index is 1.84. The van der Waals surface area contributed by atoms with Crippen LogP contribution in [0, 0.1) is 0 Å². The normalized spacial score (nSPS) is 12.7. The largest absolute Gasteiger partial charge is 0.478 e. The Bertz CT molecular complexity index is 690. The molecule has 0 saturated heterocycles. The number of imidazole rings is 2. The van der Waals surface area contributed by atoms with Crippen molar-refractivity contribution in [3.05, 3.63) is 36.2 Å². The molecule has 3 rings (SSSR count). The summed E-state index contributed by atoms with van der Waals surface area (Å²) in [6.07, 6.45) is 4.03. The molecule has 0 aliphatic rings. The first-order valence-corrected chi connectivity index (χ1v) is 6.48. The van der Waals surface area contributed by atoms with Gasteiger partial charge in [-0.1, -0.05) is 0 Å². The number of rotatable bonds is 5. The summed E-state index contributed by atoms with van der Waals surface area (Å²) in [5, 5.41) is 0. The Morgan fingerprint density at radius 3 is 3.00 bits per heavy atom. The summed E-state index contributed by atoms with van der Waals surface area (Å²) in [7, 11) is 0. The molecule has 0 spiro atoms. The fourth-order valence-corrected chi connectivity index (χ4v) is 2.03. The van der Waals surface area contributed by atoms with Gasteiger partial charge in [0.15, 0.2) is 5.65 Å². The maximum atomic E-state index is 6.15. The predicted molar refractivity (Wildman–Crippen MR) is 74.3 cm³/mol. The molecule has 7 nitrogen and oxygen atoms in total. The third-order valence-electron chi connectivity index (χ3n) is 2.98. The van der Waals surface area contributed by atoms with Crippen molar-refractivity contribution in [1.29, 1.82) is 0 Å². The number of hydrogen-bond donors (Lipinski definition) is 3. The monoisotopic (exact) mass is 272 g/mol. The van der Waals surface area contributed by atoms with E-state index in [1.807, 2.05) is 19.1 Å². The zero-order valence-corrected chi connectivity index (χ0v) is 11.1. The number of aromatic nitrogens is 5. The van der Waals surface area contributed by atoms with Crippen molar-refractivity contribution in [2.24, 2.45) is 5.73 Å². The van der Waals surface area contributed by atoms with Gasteiger partial charge in [0.05, 0.1) is 24.5 Å². The van der Waals surface area contributed by atoms with E-state index in [4.69, 9.17) is 10.5 Å². The highest BCUT2D eigenvalue weighted by molar-refractivity contribution is 5.71. The number of aromatic amines is 2. The maximum Gasteiger partial charge on any atom is 0.215 e. The van der Waals surface area contributed by atoms with E-state index in [-0.39, 0.29) is 6.04 Å². The Kier molecular flexibility index (Phi) is 3.34. The lowest BCUT2D eigenvalue weighted by Gasteiger charge is -2.05. The molecule has 20 heavy (non-hydrogen) atoms. The fourth-order valence-electron chi connectivity index (χ4n) is 2.03. The second-order valence-electron chi connectivity index (χ2n) is 4.46. The molecule has 0 bridgehead atoms. The SMILES string of the molecule is CCOc1ccc2[nH]c(C(N)Cc3cnc[nH]3)nc2n1. The molecule has 104 valence electrons. The molecule has 3 heterocycles. The summed E-state index contributed by atoms with van der Waals surface area (Å²) in [5.74, 6) is 1.27. The third-order valence-corrected chi connectivity index (χ3v) is 2.98. The lowest BCUT2D eigenvalue weighted by Crippen LogP contribution is -2.15. The summed E-state index contributed by atoms with van der Waals surface area (Å²) in [6, 6.07) is 3.47. The Hall–Kier alpha value is -2.41. The lowest BCUT2D eigenvalue weighted by atomic mass is 10.2. The first kappa shape index (κ1) is 12.6. The number of ether oxygens (including phenoxy) is 1. The Morgan fingerprint density at radius 1 is 1.35 bits per heavy atom. The summed E-state index contributed by atoms with van der Waals surface area (Å²) < 4.78 is 5.36. The Morgan fingerprint density at radius 2 is 2.25 bits per heavy atom. The summed E-state index contributed by atoms with van der Waals surface area (Å²) >= 11 is 0. The van der Waals surface area contributed by atoms with E-state index in [0.29, 0.717) is 30.4 Å². The van der Waals surface area contributed by atoms with Gasteiger partial charge in [-0.05, 0) is 13.0 Å². The molecule has 0 amide bonds. The van der Waals surface area contributed by atoms with E-state index in [2.05, 4.69) is 24.9 Å². The number of fused-ring (bicyclic) bond motifs is 1.